The Morgan fingerprint density at radius 2 is 1.65 bits per heavy atom. The quantitative estimate of drug-likeness (QED) is 0.323. The molecule has 164 valence electrons. The molecule has 0 saturated heterocycles. The summed E-state index contributed by atoms with van der Waals surface area (Å²) in [4.78, 5) is 17.4. The first-order chi connectivity index (χ1) is 16.8. The molecular formula is C25H18N8O. The molecule has 9 nitrogen and oxygen atoms in total. The largest absolute Gasteiger partial charge is 0.314 e. The molecule has 0 aliphatic heterocycles. The molecule has 0 fully saturated rings. The van der Waals surface area contributed by atoms with Crippen LogP contribution in [0.4, 0.5) is 0 Å². The summed E-state index contributed by atoms with van der Waals surface area (Å²) in [5, 5.41) is 18.3. The number of rotatable bonds is 5. The Kier molecular flexibility index (Phi) is 4.77. The van der Waals surface area contributed by atoms with E-state index in [0.29, 0.717) is 22.8 Å². The van der Waals surface area contributed by atoms with Gasteiger partial charge >= 0.3 is 0 Å². The number of fused-ring (bicyclic) bond motifs is 4. The Labute approximate surface area is 193 Å². The number of para-hydroxylation sites is 1. The highest BCUT2D eigenvalue weighted by Crippen LogP contribution is 2.27. The van der Waals surface area contributed by atoms with Gasteiger partial charge < -0.3 is 4.57 Å². The predicted molar refractivity (Wildman–Crippen MR) is 129 cm³/mol. The third-order valence-electron chi connectivity index (χ3n) is 5.48. The van der Waals surface area contributed by atoms with Crippen molar-refractivity contribution >= 4 is 40.0 Å². The smallest absolute Gasteiger partial charge is 0.274 e. The van der Waals surface area contributed by atoms with Crippen molar-refractivity contribution in [2.45, 2.75) is 6.54 Å². The van der Waals surface area contributed by atoms with E-state index in [1.54, 1.807) is 10.7 Å². The number of amides is 1. The summed E-state index contributed by atoms with van der Waals surface area (Å²) in [7, 11) is 0. The van der Waals surface area contributed by atoms with Gasteiger partial charge in [0.2, 0.25) is 0 Å². The zero-order valence-electron chi connectivity index (χ0n) is 17.9. The highest BCUT2D eigenvalue weighted by molar-refractivity contribution is 6.05. The first kappa shape index (κ1) is 19.7. The summed E-state index contributed by atoms with van der Waals surface area (Å²) in [6.45, 7) is 0.0284. The van der Waals surface area contributed by atoms with Gasteiger partial charge in [0.25, 0.3) is 11.7 Å². The standard InChI is InChI=1S/C25H18N8O/c34-21(28-26-15-17-9-3-1-4-10-17)16-32-20-14-8-7-13-19(20)22-24(32)27-25-30-29-23(33(25)31-22)18-11-5-2-6-12-18/h1-15H,16H2,(H,28,34)/b26-15+. The highest BCUT2D eigenvalue weighted by Gasteiger charge is 2.19. The Bertz CT molecular complexity index is 1670. The second kappa shape index (κ2) is 8.21. The Morgan fingerprint density at radius 3 is 2.47 bits per heavy atom. The van der Waals surface area contributed by atoms with E-state index in [9.17, 15) is 4.79 Å². The van der Waals surface area contributed by atoms with Crippen LogP contribution in [0, 0.1) is 0 Å². The fraction of sp³-hybridized carbons (Fsp3) is 0.0400. The highest BCUT2D eigenvalue weighted by atomic mass is 16.2. The van der Waals surface area contributed by atoms with E-state index >= 15 is 0 Å². The Balaban J connectivity index is 1.40. The number of carbonyl (C=O) groups excluding carboxylic acids is 1. The van der Waals surface area contributed by atoms with Crippen LogP contribution in [-0.4, -0.2) is 41.5 Å². The van der Waals surface area contributed by atoms with Crippen molar-refractivity contribution in [3.63, 3.8) is 0 Å². The van der Waals surface area contributed by atoms with Crippen LogP contribution in [0.2, 0.25) is 0 Å². The molecule has 0 radical (unpaired) electrons. The van der Waals surface area contributed by atoms with E-state index in [-0.39, 0.29) is 12.5 Å². The Hall–Kier alpha value is -4.92. The summed E-state index contributed by atoms with van der Waals surface area (Å²) in [5.41, 5.74) is 6.45. The van der Waals surface area contributed by atoms with Crippen molar-refractivity contribution in [2.75, 3.05) is 0 Å². The van der Waals surface area contributed by atoms with Crippen LogP contribution in [0.25, 0.3) is 39.2 Å². The Morgan fingerprint density at radius 1 is 0.912 bits per heavy atom. The monoisotopic (exact) mass is 446 g/mol. The van der Waals surface area contributed by atoms with Crippen molar-refractivity contribution in [1.82, 2.24) is 34.8 Å². The molecule has 1 amide bonds. The van der Waals surface area contributed by atoms with Crippen molar-refractivity contribution < 1.29 is 4.79 Å². The molecule has 3 heterocycles. The second-order valence-corrected chi connectivity index (χ2v) is 7.69. The maximum atomic E-state index is 12.7. The van der Waals surface area contributed by atoms with Gasteiger partial charge in [0.1, 0.15) is 12.1 Å². The van der Waals surface area contributed by atoms with Crippen LogP contribution in [0.3, 0.4) is 0 Å². The van der Waals surface area contributed by atoms with Crippen LogP contribution < -0.4 is 5.43 Å². The van der Waals surface area contributed by atoms with E-state index < -0.39 is 0 Å². The third kappa shape index (κ3) is 3.45. The molecule has 3 aromatic heterocycles. The third-order valence-corrected chi connectivity index (χ3v) is 5.48. The maximum absolute atomic E-state index is 12.7. The first-order valence-corrected chi connectivity index (χ1v) is 10.7. The average Bonchev–Trinajstić information content (AvgIpc) is 3.43. The predicted octanol–water partition coefficient (Wildman–Crippen LogP) is 3.44. The van der Waals surface area contributed by atoms with Crippen molar-refractivity contribution in [2.24, 2.45) is 5.10 Å². The molecule has 6 rings (SSSR count). The molecule has 0 saturated carbocycles. The molecule has 9 heteroatoms. The maximum Gasteiger partial charge on any atom is 0.274 e. The van der Waals surface area contributed by atoms with Crippen LogP contribution >= 0.6 is 0 Å². The van der Waals surface area contributed by atoms with E-state index in [4.69, 9.17) is 10.1 Å². The van der Waals surface area contributed by atoms with Crippen LogP contribution in [0.1, 0.15) is 5.56 Å². The summed E-state index contributed by atoms with van der Waals surface area (Å²) in [6, 6.07) is 27.1. The molecule has 0 bridgehead atoms. The molecule has 0 unspecified atom stereocenters. The fourth-order valence-electron chi connectivity index (χ4n) is 3.94. The zero-order valence-corrected chi connectivity index (χ0v) is 17.9. The summed E-state index contributed by atoms with van der Waals surface area (Å²) in [6.07, 6.45) is 1.61. The van der Waals surface area contributed by atoms with E-state index in [1.165, 1.54) is 0 Å². The number of hydrogen-bond donors (Lipinski definition) is 1. The number of nitrogens with one attached hydrogen (secondary N) is 1. The summed E-state index contributed by atoms with van der Waals surface area (Å²) in [5.74, 6) is 0.690. The van der Waals surface area contributed by atoms with Crippen molar-refractivity contribution in [3.8, 4) is 11.4 Å². The lowest BCUT2D eigenvalue weighted by atomic mass is 10.2. The first-order valence-electron chi connectivity index (χ1n) is 10.7. The van der Waals surface area contributed by atoms with E-state index in [0.717, 1.165) is 22.0 Å². The van der Waals surface area contributed by atoms with Gasteiger partial charge in [0.15, 0.2) is 11.5 Å². The lowest BCUT2D eigenvalue weighted by molar-refractivity contribution is -0.121. The normalized spacial score (nSPS) is 11.6. The van der Waals surface area contributed by atoms with Gasteiger partial charge in [0.05, 0.1) is 11.7 Å². The van der Waals surface area contributed by atoms with Gasteiger partial charge in [-0.15, -0.1) is 10.2 Å². The van der Waals surface area contributed by atoms with Gasteiger partial charge in [-0.1, -0.05) is 78.9 Å². The number of benzene rings is 3. The molecule has 0 aliphatic carbocycles. The number of hydrazone groups is 1. The van der Waals surface area contributed by atoms with Gasteiger partial charge in [0, 0.05) is 10.9 Å². The fourth-order valence-corrected chi connectivity index (χ4v) is 3.94. The number of hydrogen-bond acceptors (Lipinski definition) is 6. The summed E-state index contributed by atoms with van der Waals surface area (Å²) < 4.78 is 3.46. The molecule has 0 aliphatic rings. The lowest BCUT2D eigenvalue weighted by Gasteiger charge is -2.05. The molecule has 6 aromatic rings. The SMILES string of the molecule is O=C(Cn1c2ccccc2c2nn3c(-c4ccccc4)nnc3nc21)N/N=C/c1ccccc1. The zero-order chi connectivity index (χ0) is 22.9. The number of carbonyl (C=O) groups is 1. The minimum atomic E-state index is -0.275. The van der Waals surface area contributed by atoms with E-state index in [2.05, 4.69) is 20.7 Å². The molecular weight excluding hydrogens is 428 g/mol. The van der Waals surface area contributed by atoms with Crippen molar-refractivity contribution in [1.29, 1.82) is 0 Å². The topological polar surface area (TPSA) is 102 Å². The summed E-state index contributed by atoms with van der Waals surface area (Å²) >= 11 is 0. The minimum Gasteiger partial charge on any atom is -0.314 e. The van der Waals surface area contributed by atoms with Gasteiger partial charge in [-0.25, -0.2) is 5.43 Å². The van der Waals surface area contributed by atoms with E-state index in [1.807, 2.05) is 89.5 Å². The second-order valence-electron chi connectivity index (χ2n) is 7.69. The number of nitrogens with zero attached hydrogens (tertiary/aromatic N) is 7. The molecule has 3 aromatic carbocycles. The van der Waals surface area contributed by atoms with Gasteiger partial charge in [-0.2, -0.15) is 19.7 Å². The molecule has 34 heavy (non-hydrogen) atoms. The van der Waals surface area contributed by atoms with Crippen LogP contribution in [0.5, 0.6) is 0 Å². The van der Waals surface area contributed by atoms with Gasteiger partial charge in [-0.3, -0.25) is 4.79 Å². The van der Waals surface area contributed by atoms with Crippen LogP contribution in [0.15, 0.2) is 90.0 Å². The molecule has 1 N–H and O–H groups in total. The average molecular weight is 446 g/mol. The van der Waals surface area contributed by atoms with Gasteiger partial charge in [-0.05, 0) is 11.6 Å². The molecule has 0 atom stereocenters. The number of aromatic nitrogens is 6. The van der Waals surface area contributed by atoms with Crippen molar-refractivity contribution in [3.05, 3.63) is 90.5 Å². The minimum absolute atomic E-state index is 0.0284. The lowest BCUT2D eigenvalue weighted by Crippen LogP contribution is -2.23. The van der Waals surface area contributed by atoms with Crippen LogP contribution in [-0.2, 0) is 11.3 Å². The molecule has 0 spiro atoms.